The zero-order valence-corrected chi connectivity index (χ0v) is 11.4. The molecule has 3 rings (SSSR count). The Morgan fingerprint density at radius 1 is 1.36 bits per heavy atom. The average Bonchev–Trinajstić information content (AvgIpc) is 3.07. The maximum Gasteiger partial charge on any atom is 0.416 e. The van der Waals surface area contributed by atoms with Crippen LogP contribution < -0.4 is 5.32 Å². The SMILES string of the molecule is O=CON1Cc2c(cc(C3CCCN3)cc2C(F)(F)F)C1=O. The second-order valence-electron chi connectivity index (χ2n) is 5.28. The van der Waals surface area contributed by atoms with Crippen LogP contribution in [0.15, 0.2) is 12.1 Å². The number of hydrogen-bond acceptors (Lipinski definition) is 4. The highest BCUT2D eigenvalue weighted by molar-refractivity contribution is 5.98. The van der Waals surface area contributed by atoms with Crippen LogP contribution in [0.4, 0.5) is 13.2 Å². The van der Waals surface area contributed by atoms with Gasteiger partial charge in [-0.2, -0.15) is 18.2 Å². The van der Waals surface area contributed by atoms with E-state index < -0.39 is 17.6 Å². The molecule has 1 unspecified atom stereocenters. The summed E-state index contributed by atoms with van der Waals surface area (Å²) in [5.74, 6) is -0.729. The lowest BCUT2D eigenvalue weighted by Gasteiger charge is -2.16. The maximum atomic E-state index is 13.3. The summed E-state index contributed by atoms with van der Waals surface area (Å²) in [6.45, 7) is 0.369. The minimum Gasteiger partial charge on any atom is -0.341 e. The van der Waals surface area contributed by atoms with E-state index in [1.54, 1.807) is 0 Å². The van der Waals surface area contributed by atoms with Crippen molar-refractivity contribution < 1.29 is 27.6 Å². The number of hydrogen-bond donors (Lipinski definition) is 1. The van der Waals surface area contributed by atoms with Gasteiger partial charge in [0.1, 0.15) is 0 Å². The predicted molar refractivity (Wildman–Crippen MR) is 68.4 cm³/mol. The van der Waals surface area contributed by atoms with Gasteiger partial charge in [0.25, 0.3) is 5.91 Å². The predicted octanol–water partition coefficient (Wildman–Crippen LogP) is 2.17. The first-order valence-electron chi connectivity index (χ1n) is 6.81. The standard InChI is InChI=1S/C14H13F3N2O3/c15-14(16,17)11-5-8(12-2-1-3-18-12)4-9-10(11)6-19(13(9)21)22-7-20/h4-5,7,12,18H,1-3,6H2. The second kappa shape index (κ2) is 5.28. The Labute approximate surface area is 124 Å². The number of carbonyl (C=O) groups excluding carboxylic acids is 2. The van der Waals surface area contributed by atoms with Crippen molar-refractivity contribution in [2.24, 2.45) is 0 Å². The molecular weight excluding hydrogens is 301 g/mol. The molecule has 118 valence electrons. The molecule has 8 heteroatoms. The molecule has 2 aliphatic rings. The highest BCUT2D eigenvalue weighted by Gasteiger charge is 2.41. The molecule has 22 heavy (non-hydrogen) atoms. The van der Waals surface area contributed by atoms with Gasteiger partial charge in [0, 0.05) is 17.2 Å². The Kier molecular flexibility index (Phi) is 3.56. The van der Waals surface area contributed by atoms with Gasteiger partial charge in [-0.05, 0) is 37.1 Å². The van der Waals surface area contributed by atoms with Gasteiger partial charge in [-0.3, -0.25) is 9.59 Å². The first-order valence-corrected chi connectivity index (χ1v) is 6.81. The Hall–Kier alpha value is -2.09. The van der Waals surface area contributed by atoms with E-state index in [1.807, 2.05) is 0 Å². The van der Waals surface area contributed by atoms with Gasteiger partial charge in [-0.15, -0.1) is 0 Å². The zero-order chi connectivity index (χ0) is 15.9. The number of halogens is 3. The lowest BCUT2D eigenvalue weighted by atomic mass is 9.95. The van der Waals surface area contributed by atoms with Crippen LogP contribution in [-0.4, -0.2) is 24.0 Å². The number of benzene rings is 1. The normalized spacial score (nSPS) is 21.1. The highest BCUT2D eigenvalue weighted by atomic mass is 19.4. The van der Waals surface area contributed by atoms with E-state index in [-0.39, 0.29) is 30.2 Å². The Bertz CT molecular complexity index is 624. The Balaban J connectivity index is 2.09. The van der Waals surface area contributed by atoms with E-state index in [9.17, 15) is 22.8 Å². The summed E-state index contributed by atoms with van der Waals surface area (Å²) in [4.78, 5) is 26.9. The summed E-state index contributed by atoms with van der Waals surface area (Å²) < 4.78 is 39.9. The van der Waals surface area contributed by atoms with E-state index in [0.717, 1.165) is 25.5 Å². The van der Waals surface area contributed by atoms with Gasteiger partial charge in [-0.1, -0.05) is 0 Å². The maximum absolute atomic E-state index is 13.3. The molecule has 1 fully saturated rings. The van der Waals surface area contributed by atoms with Crippen LogP contribution in [0.5, 0.6) is 0 Å². The van der Waals surface area contributed by atoms with Crippen molar-refractivity contribution in [2.45, 2.75) is 31.6 Å². The fraction of sp³-hybridized carbons (Fsp3) is 0.429. The van der Waals surface area contributed by atoms with Crippen LogP contribution in [0.3, 0.4) is 0 Å². The molecule has 2 heterocycles. The molecule has 1 N–H and O–H groups in total. The largest absolute Gasteiger partial charge is 0.416 e. The molecule has 1 aromatic carbocycles. The number of amides is 1. The van der Waals surface area contributed by atoms with E-state index in [4.69, 9.17) is 0 Å². The lowest BCUT2D eigenvalue weighted by molar-refractivity contribution is -0.162. The fourth-order valence-corrected chi connectivity index (χ4v) is 2.97. The van der Waals surface area contributed by atoms with Crippen molar-refractivity contribution in [3.8, 4) is 0 Å². The molecule has 0 aromatic heterocycles. The van der Waals surface area contributed by atoms with Crippen molar-refractivity contribution in [3.63, 3.8) is 0 Å². The van der Waals surface area contributed by atoms with Gasteiger partial charge in [0.05, 0.1) is 12.1 Å². The number of fused-ring (bicyclic) bond motifs is 1. The van der Waals surface area contributed by atoms with Crippen LogP contribution in [0, 0.1) is 0 Å². The van der Waals surface area contributed by atoms with Crippen LogP contribution in [0.2, 0.25) is 0 Å². The molecular formula is C14H13F3N2O3. The van der Waals surface area contributed by atoms with Crippen molar-refractivity contribution in [1.29, 1.82) is 0 Å². The fourth-order valence-electron chi connectivity index (χ4n) is 2.97. The number of hydroxylamine groups is 2. The Morgan fingerprint density at radius 2 is 2.14 bits per heavy atom. The van der Waals surface area contributed by atoms with Crippen LogP contribution in [-0.2, 0) is 22.4 Å². The number of nitrogens with zero attached hydrogens (tertiary/aromatic N) is 1. The molecule has 1 amide bonds. The van der Waals surface area contributed by atoms with Crippen LogP contribution in [0.1, 0.15) is 45.9 Å². The summed E-state index contributed by atoms with van der Waals surface area (Å²) >= 11 is 0. The summed E-state index contributed by atoms with van der Waals surface area (Å²) in [6.07, 6.45) is -2.98. The lowest BCUT2D eigenvalue weighted by Crippen LogP contribution is -2.23. The molecule has 0 bridgehead atoms. The smallest absolute Gasteiger partial charge is 0.341 e. The molecule has 0 radical (unpaired) electrons. The van der Waals surface area contributed by atoms with Crippen LogP contribution in [0.25, 0.3) is 0 Å². The molecule has 0 aliphatic carbocycles. The summed E-state index contributed by atoms with van der Waals surface area (Å²) in [6, 6.07) is 2.35. The number of carbonyl (C=O) groups is 2. The quantitative estimate of drug-likeness (QED) is 0.869. The van der Waals surface area contributed by atoms with E-state index in [0.29, 0.717) is 10.6 Å². The summed E-state index contributed by atoms with van der Waals surface area (Å²) in [7, 11) is 0. The monoisotopic (exact) mass is 314 g/mol. The van der Waals surface area contributed by atoms with Crippen molar-refractivity contribution in [2.75, 3.05) is 6.54 Å². The number of nitrogens with one attached hydrogen (secondary N) is 1. The van der Waals surface area contributed by atoms with E-state index >= 15 is 0 Å². The second-order valence-corrected chi connectivity index (χ2v) is 5.28. The van der Waals surface area contributed by atoms with Gasteiger partial charge >= 0.3 is 12.6 Å². The summed E-state index contributed by atoms with van der Waals surface area (Å²) in [5, 5.41) is 3.75. The van der Waals surface area contributed by atoms with Gasteiger partial charge in [-0.25, -0.2) is 0 Å². The van der Waals surface area contributed by atoms with Crippen molar-refractivity contribution >= 4 is 12.4 Å². The summed E-state index contributed by atoms with van der Waals surface area (Å²) in [5.41, 5.74) is -0.620. The third kappa shape index (κ3) is 2.43. The number of alkyl halides is 3. The molecule has 1 saturated heterocycles. The number of rotatable bonds is 3. The average molecular weight is 314 g/mol. The highest BCUT2D eigenvalue weighted by Crippen LogP contribution is 2.40. The third-order valence-electron chi connectivity index (χ3n) is 3.97. The first-order chi connectivity index (χ1) is 10.4. The van der Waals surface area contributed by atoms with Gasteiger partial charge < -0.3 is 10.2 Å². The molecule has 2 aliphatic heterocycles. The van der Waals surface area contributed by atoms with Crippen LogP contribution >= 0.6 is 0 Å². The first kappa shape index (κ1) is 14.8. The minimum absolute atomic E-state index is 0.0243. The molecule has 5 nitrogen and oxygen atoms in total. The zero-order valence-electron chi connectivity index (χ0n) is 11.4. The molecule has 1 atom stereocenters. The molecule has 0 saturated carbocycles. The molecule has 0 spiro atoms. The van der Waals surface area contributed by atoms with Crippen molar-refractivity contribution in [1.82, 2.24) is 10.4 Å². The van der Waals surface area contributed by atoms with E-state index in [1.165, 1.54) is 6.07 Å². The van der Waals surface area contributed by atoms with E-state index in [2.05, 4.69) is 10.2 Å². The topological polar surface area (TPSA) is 58.6 Å². The minimum atomic E-state index is -4.57. The van der Waals surface area contributed by atoms with Gasteiger partial charge in [0.2, 0.25) is 0 Å². The third-order valence-corrected chi connectivity index (χ3v) is 3.97. The van der Waals surface area contributed by atoms with Crippen molar-refractivity contribution in [3.05, 3.63) is 34.4 Å². The van der Waals surface area contributed by atoms with Gasteiger partial charge in [0.15, 0.2) is 0 Å². The Morgan fingerprint density at radius 3 is 2.73 bits per heavy atom. The molecule has 1 aromatic rings.